The van der Waals surface area contributed by atoms with Crippen LogP contribution >= 0.6 is 0 Å². The van der Waals surface area contributed by atoms with Gasteiger partial charge < -0.3 is 4.42 Å². The first-order valence-electron chi connectivity index (χ1n) is 16.8. The van der Waals surface area contributed by atoms with E-state index in [9.17, 15) is 0 Å². The molecule has 234 valence electrons. The van der Waals surface area contributed by atoms with Gasteiger partial charge >= 0.3 is 0 Å². The summed E-state index contributed by atoms with van der Waals surface area (Å²) in [5, 5.41) is 2.26. The third-order valence-electron chi connectivity index (χ3n) is 10.3. The quantitative estimate of drug-likeness (QED) is 0.176. The maximum absolute atomic E-state index is 6.70. The van der Waals surface area contributed by atoms with Crippen LogP contribution in [0, 0.1) is 0 Å². The van der Waals surface area contributed by atoms with Gasteiger partial charge in [-0.1, -0.05) is 159 Å². The van der Waals surface area contributed by atoms with E-state index in [4.69, 9.17) is 19.4 Å². The number of rotatable bonds is 5. The molecule has 0 N–H and O–H groups in total. The first-order valence-corrected chi connectivity index (χ1v) is 16.8. The molecule has 4 heteroatoms. The van der Waals surface area contributed by atoms with E-state index in [1.165, 1.54) is 33.4 Å². The van der Waals surface area contributed by atoms with Crippen molar-refractivity contribution in [3.8, 4) is 45.0 Å². The summed E-state index contributed by atoms with van der Waals surface area (Å²) in [6, 6.07) is 47.1. The summed E-state index contributed by atoms with van der Waals surface area (Å²) in [7, 11) is 0. The van der Waals surface area contributed by atoms with Crippen LogP contribution in [0.5, 0.6) is 0 Å². The number of fused-ring (bicyclic) bond motifs is 14. The van der Waals surface area contributed by atoms with Crippen molar-refractivity contribution in [3.05, 3.63) is 193 Å². The zero-order valence-electron chi connectivity index (χ0n) is 27.1. The molecule has 1 spiro atoms. The van der Waals surface area contributed by atoms with Gasteiger partial charge in [-0.15, -0.1) is 0 Å². The van der Waals surface area contributed by atoms with Crippen LogP contribution in [0.3, 0.4) is 0 Å². The number of allylic oxidation sites excluding steroid dienone is 4. The molecule has 0 bridgehead atoms. The summed E-state index contributed by atoms with van der Waals surface area (Å²) in [5.74, 6) is 1.75. The van der Waals surface area contributed by atoms with E-state index < -0.39 is 5.41 Å². The Hall–Kier alpha value is -6.65. The molecule has 10 rings (SSSR count). The van der Waals surface area contributed by atoms with Gasteiger partial charge in [0.1, 0.15) is 11.2 Å². The van der Waals surface area contributed by atoms with Crippen molar-refractivity contribution in [2.45, 2.75) is 5.41 Å². The summed E-state index contributed by atoms with van der Waals surface area (Å²) in [5.41, 5.74) is 13.4. The minimum atomic E-state index is -0.561. The molecular weight excluding hydrogens is 611 g/mol. The Labute approximate surface area is 289 Å². The second-order valence-corrected chi connectivity index (χ2v) is 12.8. The fraction of sp³-hybridized carbons (Fsp3) is 0.0217. The van der Waals surface area contributed by atoms with Crippen molar-refractivity contribution in [1.29, 1.82) is 0 Å². The van der Waals surface area contributed by atoms with Crippen molar-refractivity contribution < 1.29 is 4.42 Å². The zero-order valence-corrected chi connectivity index (χ0v) is 27.1. The molecule has 2 aromatic heterocycles. The first-order chi connectivity index (χ1) is 24.7. The van der Waals surface area contributed by atoms with E-state index >= 15 is 0 Å². The Morgan fingerprint density at radius 1 is 0.540 bits per heavy atom. The van der Waals surface area contributed by atoms with Gasteiger partial charge in [0.15, 0.2) is 17.5 Å². The molecule has 0 radical (unpaired) electrons. The van der Waals surface area contributed by atoms with Gasteiger partial charge in [0, 0.05) is 33.0 Å². The van der Waals surface area contributed by atoms with Crippen LogP contribution in [0.25, 0.3) is 72.5 Å². The summed E-state index contributed by atoms with van der Waals surface area (Å²) < 4.78 is 6.70. The Bertz CT molecular complexity index is 2750. The molecule has 0 saturated carbocycles. The number of hydrogen-bond acceptors (Lipinski definition) is 4. The molecule has 0 saturated heterocycles. The normalized spacial score (nSPS) is 15.6. The van der Waals surface area contributed by atoms with Gasteiger partial charge in [-0.05, 0) is 45.0 Å². The third kappa shape index (κ3) is 3.73. The fourth-order valence-corrected chi connectivity index (χ4v) is 8.34. The van der Waals surface area contributed by atoms with Crippen molar-refractivity contribution >= 4 is 27.5 Å². The number of hydrogen-bond donors (Lipinski definition) is 0. The van der Waals surface area contributed by atoms with Crippen LogP contribution in [0.15, 0.2) is 169 Å². The molecule has 0 amide bonds. The lowest BCUT2D eigenvalue weighted by Crippen LogP contribution is -2.25. The lowest BCUT2D eigenvalue weighted by molar-refractivity contribution is 0.669. The highest BCUT2D eigenvalue weighted by Crippen LogP contribution is 2.65. The molecule has 2 aliphatic carbocycles. The van der Waals surface area contributed by atoms with Gasteiger partial charge in [-0.3, -0.25) is 0 Å². The summed E-state index contributed by atoms with van der Waals surface area (Å²) in [4.78, 5) is 15.2. The Balaban J connectivity index is 1.30. The van der Waals surface area contributed by atoms with E-state index in [-0.39, 0.29) is 0 Å². The minimum Gasteiger partial charge on any atom is -0.455 e. The summed E-state index contributed by atoms with van der Waals surface area (Å²) in [6.07, 6.45) is 5.38. The van der Waals surface area contributed by atoms with E-state index in [1.54, 1.807) is 12.2 Å². The van der Waals surface area contributed by atoms with Crippen LogP contribution in [-0.4, -0.2) is 15.0 Å². The fourth-order valence-electron chi connectivity index (χ4n) is 8.34. The summed E-state index contributed by atoms with van der Waals surface area (Å²) >= 11 is 0. The molecule has 0 fully saturated rings. The molecule has 1 atom stereocenters. The molecular formula is C46H29N3O. The molecule has 8 aromatic rings. The molecule has 4 nitrogen and oxygen atoms in total. The second kappa shape index (κ2) is 10.7. The van der Waals surface area contributed by atoms with Crippen molar-refractivity contribution in [1.82, 2.24) is 15.0 Å². The van der Waals surface area contributed by atoms with Gasteiger partial charge in [0.05, 0.1) is 5.41 Å². The highest BCUT2D eigenvalue weighted by atomic mass is 16.3. The molecule has 50 heavy (non-hydrogen) atoms. The predicted octanol–water partition coefficient (Wildman–Crippen LogP) is 11.2. The summed E-state index contributed by atoms with van der Waals surface area (Å²) in [6.45, 7) is 7.96. The number of para-hydroxylation sites is 1. The third-order valence-corrected chi connectivity index (χ3v) is 10.3. The smallest absolute Gasteiger partial charge is 0.164 e. The predicted molar refractivity (Wildman–Crippen MR) is 203 cm³/mol. The zero-order chi connectivity index (χ0) is 33.4. The van der Waals surface area contributed by atoms with Crippen LogP contribution in [0.1, 0.15) is 28.1 Å². The van der Waals surface area contributed by atoms with E-state index in [1.807, 2.05) is 42.5 Å². The van der Waals surface area contributed by atoms with E-state index in [2.05, 4.69) is 110 Å². The van der Waals surface area contributed by atoms with Crippen LogP contribution in [-0.2, 0) is 5.41 Å². The standard InChI is InChI=1S/C46H29N3O/c1-3-15-28(4-2)43-47-44(29-16-6-5-7-17-29)49-45(48-43)34-21-14-24-37-40(34)32-19-8-11-22-35(32)46(37)36-23-12-9-20-33(36)41-38(46)27-26-31-30-18-10-13-25-39(30)50-42(31)41/h3-27H,1-2H2/b28-15+. The molecule has 6 aromatic carbocycles. The van der Waals surface area contributed by atoms with Crippen molar-refractivity contribution in [2.24, 2.45) is 0 Å². The monoisotopic (exact) mass is 639 g/mol. The maximum Gasteiger partial charge on any atom is 0.164 e. The van der Waals surface area contributed by atoms with Gasteiger partial charge in [0.2, 0.25) is 0 Å². The van der Waals surface area contributed by atoms with Crippen molar-refractivity contribution in [3.63, 3.8) is 0 Å². The Morgan fingerprint density at radius 2 is 1.18 bits per heavy atom. The van der Waals surface area contributed by atoms with Gasteiger partial charge in [0.25, 0.3) is 0 Å². The van der Waals surface area contributed by atoms with Crippen LogP contribution in [0.4, 0.5) is 0 Å². The first kappa shape index (κ1) is 28.4. The highest BCUT2D eigenvalue weighted by molar-refractivity contribution is 6.13. The van der Waals surface area contributed by atoms with Crippen LogP contribution < -0.4 is 0 Å². The average Bonchev–Trinajstić information content (AvgIpc) is 3.81. The van der Waals surface area contributed by atoms with Gasteiger partial charge in [-0.25, -0.2) is 15.0 Å². The SMILES string of the molecule is C=C/C=C(\C=C)c1nc(-c2ccccc2)nc(-c2cccc3c2-c2ccccc2C32c3ccccc3-c3c2ccc2c3oc3ccccc32)n1. The number of nitrogens with zero attached hydrogens (tertiary/aromatic N) is 3. The lowest BCUT2D eigenvalue weighted by atomic mass is 9.70. The highest BCUT2D eigenvalue weighted by Gasteiger charge is 2.53. The second-order valence-electron chi connectivity index (χ2n) is 12.8. The van der Waals surface area contributed by atoms with Crippen molar-refractivity contribution in [2.75, 3.05) is 0 Å². The largest absolute Gasteiger partial charge is 0.455 e. The lowest BCUT2D eigenvalue weighted by Gasteiger charge is -2.30. The average molecular weight is 640 g/mol. The number of benzene rings is 6. The van der Waals surface area contributed by atoms with Crippen LogP contribution in [0.2, 0.25) is 0 Å². The Kier molecular flexibility index (Phi) is 6.06. The molecule has 1 unspecified atom stereocenters. The van der Waals surface area contributed by atoms with Gasteiger partial charge in [-0.2, -0.15) is 0 Å². The molecule has 2 heterocycles. The number of furan rings is 1. The maximum atomic E-state index is 6.70. The topological polar surface area (TPSA) is 51.8 Å². The molecule has 2 aliphatic rings. The van der Waals surface area contributed by atoms with E-state index in [0.29, 0.717) is 17.5 Å². The Morgan fingerprint density at radius 3 is 1.96 bits per heavy atom. The minimum absolute atomic E-state index is 0.547. The number of aromatic nitrogens is 3. The van der Waals surface area contributed by atoms with E-state index in [0.717, 1.165) is 49.8 Å². The molecule has 0 aliphatic heterocycles.